The number of amides is 1. The molecule has 1 heterocycles. The smallest absolute Gasteiger partial charge is 0.295 e. The van der Waals surface area contributed by atoms with Crippen LogP contribution in [-0.2, 0) is 9.59 Å². The molecular formula is C21H19Cl2NO3. The lowest BCUT2D eigenvalue weighted by molar-refractivity contribution is -0.139. The summed E-state index contributed by atoms with van der Waals surface area (Å²) in [6, 6.07) is 12.8. The second kappa shape index (κ2) is 8.15. The number of benzene rings is 2. The number of hydrogen-bond acceptors (Lipinski definition) is 3. The summed E-state index contributed by atoms with van der Waals surface area (Å²) in [6.45, 7) is 2.45. The third kappa shape index (κ3) is 3.87. The van der Waals surface area contributed by atoms with Gasteiger partial charge < -0.3 is 10.0 Å². The lowest BCUT2D eigenvalue weighted by Crippen LogP contribution is -2.30. The number of rotatable bonds is 5. The molecule has 0 saturated carbocycles. The molecule has 3 rings (SSSR count). The van der Waals surface area contributed by atoms with Crippen molar-refractivity contribution in [3.05, 3.63) is 75.3 Å². The van der Waals surface area contributed by atoms with Gasteiger partial charge in [-0.2, -0.15) is 0 Å². The van der Waals surface area contributed by atoms with Gasteiger partial charge in [-0.25, -0.2) is 0 Å². The zero-order chi connectivity index (χ0) is 19.6. The van der Waals surface area contributed by atoms with E-state index in [2.05, 4.69) is 0 Å². The number of aliphatic hydroxyl groups excluding tert-OH is 1. The van der Waals surface area contributed by atoms with Gasteiger partial charge in [-0.1, -0.05) is 48.7 Å². The van der Waals surface area contributed by atoms with Crippen LogP contribution in [0.5, 0.6) is 0 Å². The van der Waals surface area contributed by atoms with E-state index in [4.69, 9.17) is 23.2 Å². The molecule has 0 bridgehead atoms. The van der Waals surface area contributed by atoms with Gasteiger partial charge in [0.1, 0.15) is 5.76 Å². The van der Waals surface area contributed by atoms with Crippen LogP contribution in [0.1, 0.15) is 36.9 Å². The van der Waals surface area contributed by atoms with Crippen molar-refractivity contribution in [2.24, 2.45) is 0 Å². The van der Waals surface area contributed by atoms with Crippen molar-refractivity contribution in [1.82, 2.24) is 4.90 Å². The molecule has 1 amide bonds. The molecule has 1 N–H and O–H groups in total. The van der Waals surface area contributed by atoms with E-state index in [-0.39, 0.29) is 11.3 Å². The average molecular weight is 404 g/mol. The Morgan fingerprint density at radius 2 is 1.56 bits per heavy atom. The number of aliphatic hydroxyl groups is 1. The Kier molecular flexibility index (Phi) is 5.88. The monoisotopic (exact) mass is 403 g/mol. The van der Waals surface area contributed by atoms with Gasteiger partial charge >= 0.3 is 0 Å². The van der Waals surface area contributed by atoms with Gasteiger partial charge in [-0.3, -0.25) is 9.59 Å². The van der Waals surface area contributed by atoms with Crippen LogP contribution >= 0.6 is 23.2 Å². The Morgan fingerprint density at radius 1 is 1.00 bits per heavy atom. The summed E-state index contributed by atoms with van der Waals surface area (Å²) in [7, 11) is 0. The molecule has 1 fully saturated rings. The van der Waals surface area contributed by atoms with Crippen molar-refractivity contribution in [1.29, 1.82) is 0 Å². The first-order chi connectivity index (χ1) is 12.9. The number of carbonyl (C=O) groups is 2. The molecule has 27 heavy (non-hydrogen) atoms. The number of ketones is 1. The highest BCUT2D eigenvalue weighted by Crippen LogP contribution is 2.39. The SMILES string of the molecule is CCCCN1C(=O)C(=O)C(=C(O)c2ccc(Cl)cc2)[C@@H]1c1ccc(Cl)cc1. The molecule has 0 aliphatic carbocycles. The summed E-state index contributed by atoms with van der Waals surface area (Å²) >= 11 is 11.9. The maximum Gasteiger partial charge on any atom is 0.295 e. The van der Waals surface area contributed by atoms with E-state index in [9.17, 15) is 14.7 Å². The van der Waals surface area contributed by atoms with Crippen LogP contribution in [0.25, 0.3) is 5.76 Å². The highest BCUT2D eigenvalue weighted by Gasteiger charge is 2.45. The molecule has 140 valence electrons. The van der Waals surface area contributed by atoms with Gasteiger partial charge in [0, 0.05) is 22.2 Å². The molecule has 0 unspecified atom stereocenters. The van der Waals surface area contributed by atoms with E-state index in [1.165, 1.54) is 4.90 Å². The minimum absolute atomic E-state index is 0.0840. The molecule has 0 spiro atoms. The Hall–Kier alpha value is -2.30. The fourth-order valence-electron chi connectivity index (χ4n) is 3.19. The standard InChI is InChI=1S/C21H19Cl2NO3/c1-2-3-12-24-18(13-4-8-15(22)9-5-13)17(20(26)21(24)27)19(25)14-6-10-16(23)11-7-14/h4-11,18,25H,2-3,12H2,1H3/t18-/m0/s1. The van der Waals surface area contributed by atoms with Crippen molar-refractivity contribution in [3.8, 4) is 0 Å². The molecule has 6 heteroatoms. The number of carbonyl (C=O) groups excluding carboxylic acids is 2. The van der Waals surface area contributed by atoms with Crippen LogP contribution in [0.15, 0.2) is 54.1 Å². The topological polar surface area (TPSA) is 57.6 Å². The normalized spacial score (nSPS) is 18.9. The van der Waals surface area contributed by atoms with Crippen molar-refractivity contribution >= 4 is 40.7 Å². The highest BCUT2D eigenvalue weighted by molar-refractivity contribution is 6.46. The van der Waals surface area contributed by atoms with Crippen molar-refractivity contribution in [3.63, 3.8) is 0 Å². The van der Waals surface area contributed by atoms with Crippen molar-refractivity contribution in [2.45, 2.75) is 25.8 Å². The molecule has 2 aromatic rings. The Bertz CT molecular complexity index is 889. The van der Waals surface area contributed by atoms with Gasteiger partial charge in [0.25, 0.3) is 11.7 Å². The molecule has 0 aromatic heterocycles. The molecule has 1 saturated heterocycles. The number of halogens is 2. The number of likely N-dealkylation sites (tertiary alicyclic amines) is 1. The largest absolute Gasteiger partial charge is 0.507 e. The fourth-order valence-corrected chi connectivity index (χ4v) is 3.45. The number of Topliss-reactive ketones (excluding diaryl/α,β-unsaturated/α-hetero) is 1. The van der Waals surface area contributed by atoms with Crippen LogP contribution in [0, 0.1) is 0 Å². The molecule has 1 atom stereocenters. The zero-order valence-electron chi connectivity index (χ0n) is 14.8. The van der Waals surface area contributed by atoms with E-state index < -0.39 is 17.7 Å². The lowest BCUT2D eigenvalue weighted by Gasteiger charge is -2.25. The fraction of sp³-hybridized carbons (Fsp3) is 0.238. The quantitative estimate of drug-likeness (QED) is 0.423. The van der Waals surface area contributed by atoms with E-state index in [1.54, 1.807) is 48.5 Å². The van der Waals surface area contributed by atoms with E-state index in [0.29, 0.717) is 22.2 Å². The highest BCUT2D eigenvalue weighted by atomic mass is 35.5. The minimum atomic E-state index is -0.682. The van der Waals surface area contributed by atoms with Crippen LogP contribution in [0.2, 0.25) is 10.0 Å². The Labute approximate surface area is 168 Å². The Morgan fingerprint density at radius 3 is 2.11 bits per heavy atom. The molecule has 0 radical (unpaired) electrons. The Balaban J connectivity index is 2.14. The minimum Gasteiger partial charge on any atom is -0.507 e. The van der Waals surface area contributed by atoms with Crippen LogP contribution < -0.4 is 0 Å². The number of hydrogen-bond donors (Lipinski definition) is 1. The molecule has 4 nitrogen and oxygen atoms in total. The average Bonchev–Trinajstić information content (AvgIpc) is 2.91. The van der Waals surface area contributed by atoms with Crippen LogP contribution in [0.4, 0.5) is 0 Å². The van der Waals surface area contributed by atoms with E-state index in [1.807, 2.05) is 6.92 Å². The van der Waals surface area contributed by atoms with E-state index >= 15 is 0 Å². The lowest BCUT2D eigenvalue weighted by atomic mass is 9.95. The summed E-state index contributed by atoms with van der Waals surface area (Å²) in [5, 5.41) is 11.9. The predicted octanol–water partition coefficient (Wildman–Crippen LogP) is 5.22. The van der Waals surface area contributed by atoms with Crippen LogP contribution in [-0.4, -0.2) is 28.2 Å². The first-order valence-corrected chi connectivity index (χ1v) is 9.49. The summed E-state index contributed by atoms with van der Waals surface area (Å²) in [6.07, 6.45) is 1.64. The number of nitrogens with zero attached hydrogens (tertiary/aromatic N) is 1. The predicted molar refractivity (Wildman–Crippen MR) is 107 cm³/mol. The van der Waals surface area contributed by atoms with Gasteiger partial charge in [-0.05, 0) is 48.4 Å². The molecular weight excluding hydrogens is 385 g/mol. The first-order valence-electron chi connectivity index (χ1n) is 8.74. The maximum absolute atomic E-state index is 12.8. The summed E-state index contributed by atoms with van der Waals surface area (Å²) in [4.78, 5) is 26.9. The second-order valence-electron chi connectivity index (χ2n) is 6.40. The first kappa shape index (κ1) is 19.5. The third-order valence-electron chi connectivity index (χ3n) is 4.60. The van der Waals surface area contributed by atoms with Gasteiger partial charge in [0.05, 0.1) is 11.6 Å². The van der Waals surface area contributed by atoms with Gasteiger partial charge in [0.2, 0.25) is 0 Å². The summed E-state index contributed by atoms with van der Waals surface area (Å²) in [5.41, 5.74) is 1.25. The van der Waals surface area contributed by atoms with Gasteiger partial charge in [-0.15, -0.1) is 0 Å². The molecule has 2 aromatic carbocycles. The summed E-state index contributed by atoms with van der Waals surface area (Å²) in [5.74, 6) is -1.48. The summed E-state index contributed by atoms with van der Waals surface area (Å²) < 4.78 is 0. The zero-order valence-corrected chi connectivity index (χ0v) is 16.3. The van der Waals surface area contributed by atoms with Crippen LogP contribution in [0.3, 0.4) is 0 Å². The van der Waals surface area contributed by atoms with Crippen molar-refractivity contribution < 1.29 is 14.7 Å². The second-order valence-corrected chi connectivity index (χ2v) is 7.28. The third-order valence-corrected chi connectivity index (χ3v) is 5.10. The molecule has 1 aliphatic rings. The van der Waals surface area contributed by atoms with E-state index in [0.717, 1.165) is 18.4 Å². The molecule has 1 aliphatic heterocycles. The van der Waals surface area contributed by atoms with Gasteiger partial charge in [0.15, 0.2) is 0 Å². The number of unbranched alkanes of at least 4 members (excludes halogenated alkanes) is 1. The maximum atomic E-state index is 12.8. The van der Waals surface area contributed by atoms with Crippen molar-refractivity contribution in [2.75, 3.05) is 6.54 Å².